The van der Waals surface area contributed by atoms with Crippen LogP contribution in [0.25, 0.3) is 22.6 Å². The Morgan fingerprint density at radius 1 is 1.26 bits per heavy atom. The molecule has 0 unspecified atom stereocenters. The minimum Gasteiger partial charge on any atom is -0.436 e. The molecule has 2 atom stereocenters. The molecule has 7 nitrogen and oxygen atoms in total. The summed E-state index contributed by atoms with van der Waals surface area (Å²) in [6, 6.07) is 13.8. The van der Waals surface area contributed by atoms with Crippen LogP contribution in [0.2, 0.25) is 0 Å². The Hall–Kier alpha value is -3.10. The third-order valence-electron chi connectivity index (χ3n) is 5.34. The number of carbonyl (C=O) groups is 1. The Morgan fingerprint density at radius 3 is 2.68 bits per heavy atom. The number of aryl methyl sites for hydroxylation is 1. The van der Waals surface area contributed by atoms with Crippen molar-refractivity contribution in [2.24, 2.45) is 5.73 Å². The third kappa shape index (κ3) is 4.50. The van der Waals surface area contributed by atoms with Gasteiger partial charge in [-0.3, -0.25) is 4.79 Å². The fourth-order valence-corrected chi connectivity index (χ4v) is 4.06. The number of fused-ring (bicyclic) bond motifs is 1. The minimum atomic E-state index is -0.630. The number of hydrogen-bond acceptors (Lipinski definition) is 6. The van der Waals surface area contributed by atoms with Gasteiger partial charge in [-0.05, 0) is 61.9 Å². The van der Waals surface area contributed by atoms with E-state index in [4.69, 9.17) is 10.2 Å². The smallest absolute Gasteiger partial charge is 0.268 e. The molecule has 4 aromatic rings. The van der Waals surface area contributed by atoms with Gasteiger partial charge in [0.2, 0.25) is 5.89 Å². The first-order chi connectivity index (χ1) is 15.0. The van der Waals surface area contributed by atoms with Crippen molar-refractivity contribution >= 4 is 28.8 Å². The van der Waals surface area contributed by atoms with E-state index >= 15 is 0 Å². The van der Waals surface area contributed by atoms with Crippen molar-refractivity contribution in [1.29, 1.82) is 0 Å². The molecule has 0 spiro atoms. The van der Waals surface area contributed by atoms with Crippen LogP contribution < -0.4 is 5.73 Å². The number of primary amides is 1. The number of aromatic nitrogens is 3. The zero-order valence-corrected chi connectivity index (χ0v) is 18.2. The standard InChI is InChI=1S/C23H24N4O3S/c1-14(28)20(27-12-19(22(24)29)25-13-27)11-8-15-4-3-5-18-21(15)30-23(26-18)16-6-9-17(31-2)10-7-16/h3-7,9-10,12-14,20,28H,8,11H2,1-2H3,(H2,24,29)/t14-,20+/m0/s1. The Balaban J connectivity index is 1.58. The molecule has 0 aliphatic rings. The largest absolute Gasteiger partial charge is 0.436 e. The number of benzene rings is 2. The van der Waals surface area contributed by atoms with Gasteiger partial charge in [0.1, 0.15) is 11.2 Å². The fourth-order valence-electron chi connectivity index (χ4n) is 3.65. The zero-order valence-electron chi connectivity index (χ0n) is 17.4. The van der Waals surface area contributed by atoms with Gasteiger partial charge in [0.05, 0.1) is 18.5 Å². The van der Waals surface area contributed by atoms with Gasteiger partial charge in [-0.2, -0.15) is 0 Å². The molecule has 160 valence electrons. The number of aliphatic hydroxyl groups excluding tert-OH is 1. The van der Waals surface area contributed by atoms with Crippen molar-refractivity contribution in [1.82, 2.24) is 14.5 Å². The van der Waals surface area contributed by atoms with Gasteiger partial charge in [0.15, 0.2) is 5.58 Å². The van der Waals surface area contributed by atoms with E-state index in [1.54, 1.807) is 29.4 Å². The summed E-state index contributed by atoms with van der Waals surface area (Å²) in [5.41, 5.74) is 8.97. The van der Waals surface area contributed by atoms with Crippen molar-refractivity contribution in [2.45, 2.75) is 36.8 Å². The van der Waals surface area contributed by atoms with Crippen LogP contribution in [0.4, 0.5) is 0 Å². The first kappa shape index (κ1) is 21.1. The summed E-state index contributed by atoms with van der Waals surface area (Å²) in [7, 11) is 0. The Labute approximate surface area is 184 Å². The quantitative estimate of drug-likeness (QED) is 0.403. The van der Waals surface area contributed by atoms with Gasteiger partial charge >= 0.3 is 0 Å². The highest BCUT2D eigenvalue weighted by atomic mass is 32.2. The molecule has 1 amide bonds. The first-order valence-electron chi connectivity index (χ1n) is 10.0. The molecule has 2 aromatic heterocycles. The zero-order chi connectivity index (χ0) is 22.0. The lowest BCUT2D eigenvalue weighted by atomic mass is 10.0. The van der Waals surface area contributed by atoms with E-state index < -0.39 is 12.0 Å². The van der Waals surface area contributed by atoms with Crippen molar-refractivity contribution in [3.63, 3.8) is 0 Å². The number of nitrogens with zero attached hydrogens (tertiary/aromatic N) is 3. The number of nitrogens with two attached hydrogens (primary N) is 1. The Bertz CT molecular complexity index is 1200. The molecular formula is C23H24N4O3S. The van der Waals surface area contributed by atoms with Gasteiger partial charge in [0, 0.05) is 16.7 Å². The molecule has 0 radical (unpaired) electrons. The summed E-state index contributed by atoms with van der Waals surface area (Å²) in [6.07, 6.45) is 5.81. The first-order valence-corrected chi connectivity index (χ1v) is 11.2. The van der Waals surface area contributed by atoms with E-state index in [0.717, 1.165) is 22.2 Å². The topological polar surface area (TPSA) is 107 Å². The number of hydrogen-bond donors (Lipinski definition) is 2. The lowest BCUT2D eigenvalue weighted by Gasteiger charge is -2.21. The SMILES string of the molecule is CSc1ccc(-c2nc3cccc(CC[C@H]([C@H](C)O)n4cnc(C(N)=O)c4)c3o2)cc1. The van der Waals surface area contributed by atoms with Crippen LogP contribution in [0.3, 0.4) is 0 Å². The molecule has 4 rings (SSSR count). The number of para-hydroxylation sites is 1. The van der Waals surface area contributed by atoms with Gasteiger partial charge < -0.3 is 19.8 Å². The maximum Gasteiger partial charge on any atom is 0.268 e. The van der Waals surface area contributed by atoms with E-state index in [1.165, 1.54) is 11.2 Å². The Kier molecular flexibility index (Phi) is 6.11. The van der Waals surface area contributed by atoms with Crippen LogP contribution >= 0.6 is 11.8 Å². The summed E-state index contributed by atoms with van der Waals surface area (Å²) >= 11 is 1.69. The lowest BCUT2D eigenvalue weighted by Crippen LogP contribution is -2.21. The number of aliphatic hydroxyl groups is 1. The molecule has 2 heterocycles. The van der Waals surface area contributed by atoms with E-state index in [1.807, 2.05) is 36.6 Å². The van der Waals surface area contributed by atoms with Crippen LogP contribution in [0.5, 0.6) is 0 Å². The summed E-state index contributed by atoms with van der Waals surface area (Å²) in [6.45, 7) is 1.72. The maximum atomic E-state index is 11.4. The highest BCUT2D eigenvalue weighted by molar-refractivity contribution is 7.98. The normalized spacial score (nSPS) is 13.4. The van der Waals surface area contributed by atoms with E-state index in [9.17, 15) is 9.90 Å². The molecule has 0 saturated carbocycles. The number of thioether (sulfide) groups is 1. The average Bonchev–Trinajstić information content (AvgIpc) is 3.42. The van der Waals surface area contributed by atoms with Gasteiger partial charge in [-0.25, -0.2) is 9.97 Å². The van der Waals surface area contributed by atoms with Crippen molar-refractivity contribution < 1.29 is 14.3 Å². The third-order valence-corrected chi connectivity index (χ3v) is 6.08. The van der Waals surface area contributed by atoms with Gasteiger partial charge in [-0.1, -0.05) is 12.1 Å². The number of rotatable bonds is 8. The van der Waals surface area contributed by atoms with Crippen molar-refractivity contribution in [3.8, 4) is 11.5 Å². The molecule has 0 fully saturated rings. The van der Waals surface area contributed by atoms with Crippen LogP contribution in [0.1, 0.15) is 35.4 Å². The second-order valence-electron chi connectivity index (χ2n) is 7.43. The van der Waals surface area contributed by atoms with Crippen molar-refractivity contribution in [2.75, 3.05) is 6.26 Å². The minimum absolute atomic E-state index is 0.181. The predicted molar refractivity (Wildman–Crippen MR) is 121 cm³/mol. The van der Waals surface area contributed by atoms with Crippen molar-refractivity contribution in [3.05, 3.63) is 66.2 Å². The van der Waals surface area contributed by atoms with Crippen LogP contribution in [0.15, 0.2) is 64.3 Å². The predicted octanol–water partition coefficient (Wildman–Crippen LogP) is 4.07. The lowest BCUT2D eigenvalue weighted by molar-refractivity contribution is 0.0994. The molecular weight excluding hydrogens is 412 g/mol. The average molecular weight is 437 g/mol. The molecule has 0 aliphatic heterocycles. The Morgan fingerprint density at radius 2 is 2.03 bits per heavy atom. The highest BCUT2D eigenvalue weighted by Gasteiger charge is 2.20. The summed E-state index contributed by atoms with van der Waals surface area (Å²) in [5, 5.41) is 10.3. The van der Waals surface area contributed by atoms with E-state index in [0.29, 0.717) is 18.7 Å². The molecule has 2 aromatic carbocycles. The van der Waals surface area contributed by atoms with Gasteiger partial charge in [0.25, 0.3) is 5.91 Å². The van der Waals surface area contributed by atoms with Crippen LogP contribution in [-0.2, 0) is 6.42 Å². The monoisotopic (exact) mass is 436 g/mol. The molecule has 0 aliphatic carbocycles. The van der Waals surface area contributed by atoms with E-state index in [2.05, 4.69) is 22.1 Å². The fraction of sp³-hybridized carbons (Fsp3) is 0.261. The molecule has 0 saturated heterocycles. The highest BCUT2D eigenvalue weighted by Crippen LogP contribution is 2.30. The number of amides is 1. The van der Waals surface area contributed by atoms with Crippen LogP contribution in [-0.4, -0.2) is 37.9 Å². The second kappa shape index (κ2) is 8.95. The molecule has 31 heavy (non-hydrogen) atoms. The molecule has 0 bridgehead atoms. The summed E-state index contributed by atoms with van der Waals surface area (Å²) < 4.78 is 7.87. The summed E-state index contributed by atoms with van der Waals surface area (Å²) in [4.78, 5) is 21.2. The number of imidazole rings is 1. The maximum absolute atomic E-state index is 11.4. The summed E-state index contributed by atoms with van der Waals surface area (Å²) in [5.74, 6) is -0.00416. The number of carbonyl (C=O) groups excluding carboxylic acids is 1. The van der Waals surface area contributed by atoms with Gasteiger partial charge in [-0.15, -0.1) is 11.8 Å². The molecule has 3 N–H and O–H groups in total. The second-order valence-corrected chi connectivity index (χ2v) is 8.31. The van der Waals surface area contributed by atoms with Crippen LogP contribution in [0, 0.1) is 0 Å². The number of oxazole rings is 1. The molecule has 8 heteroatoms. The van der Waals surface area contributed by atoms with E-state index in [-0.39, 0.29) is 11.7 Å².